The minimum Gasteiger partial charge on any atom is -0.373 e. The zero-order valence-corrected chi connectivity index (χ0v) is 18.8. The number of nitrogens with one attached hydrogen (secondary N) is 1. The second kappa shape index (κ2) is 10.0. The molecule has 1 fully saturated rings. The average molecular weight is 451 g/mol. The summed E-state index contributed by atoms with van der Waals surface area (Å²) in [6.45, 7) is 7.17. The number of amides is 5. The minimum atomic E-state index is -0.750. The zero-order chi connectivity index (χ0) is 24.1. The number of nitrogens with zero attached hydrogens (tertiary/aromatic N) is 2. The van der Waals surface area contributed by atoms with E-state index >= 15 is 0 Å². The summed E-state index contributed by atoms with van der Waals surface area (Å²) in [4.78, 5) is 76.1. The van der Waals surface area contributed by atoms with Gasteiger partial charge in [-0.1, -0.05) is 0 Å². The van der Waals surface area contributed by atoms with Gasteiger partial charge in [-0.3, -0.25) is 28.9 Å². The summed E-state index contributed by atoms with van der Waals surface area (Å²) >= 11 is 0. The van der Waals surface area contributed by atoms with Crippen molar-refractivity contribution in [2.45, 2.75) is 70.9 Å². The van der Waals surface area contributed by atoms with Crippen LogP contribution in [0.1, 0.15) is 59.8 Å². The molecule has 0 aromatic heterocycles. The number of carbonyl (C=O) groups is 6. The molecule has 0 spiro atoms. The van der Waals surface area contributed by atoms with Crippen molar-refractivity contribution in [3.05, 3.63) is 12.2 Å². The first kappa shape index (κ1) is 25.2. The van der Waals surface area contributed by atoms with Crippen molar-refractivity contribution in [1.82, 2.24) is 15.3 Å². The summed E-state index contributed by atoms with van der Waals surface area (Å²) in [5, 5.41) is 3.31. The molecular formula is C21H29N3O8. The van der Waals surface area contributed by atoms with Gasteiger partial charge in [-0.15, -0.1) is 5.06 Å². The lowest BCUT2D eigenvalue weighted by molar-refractivity contribution is -0.198. The van der Waals surface area contributed by atoms with Gasteiger partial charge in [0.2, 0.25) is 5.91 Å². The first-order valence-electron chi connectivity index (χ1n) is 10.3. The van der Waals surface area contributed by atoms with Crippen LogP contribution in [0.15, 0.2) is 12.2 Å². The molecule has 5 amide bonds. The molecule has 0 unspecified atom stereocenters. The normalized spacial score (nSPS) is 16.9. The van der Waals surface area contributed by atoms with E-state index in [1.165, 1.54) is 0 Å². The highest BCUT2D eigenvalue weighted by molar-refractivity contribution is 6.13. The smallest absolute Gasteiger partial charge is 0.333 e. The number of hydroxylamine groups is 2. The lowest BCUT2D eigenvalue weighted by Gasteiger charge is -2.32. The van der Waals surface area contributed by atoms with Gasteiger partial charge in [-0.2, -0.15) is 0 Å². The minimum absolute atomic E-state index is 0.0108. The molecule has 176 valence electrons. The predicted octanol–water partition coefficient (Wildman–Crippen LogP) is 0.379. The van der Waals surface area contributed by atoms with E-state index in [4.69, 9.17) is 9.57 Å². The summed E-state index contributed by atoms with van der Waals surface area (Å²) in [6.07, 6.45) is 2.55. The van der Waals surface area contributed by atoms with Gasteiger partial charge in [-0.05, 0) is 34.1 Å². The van der Waals surface area contributed by atoms with E-state index in [0.717, 1.165) is 17.1 Å². The van der Waals surface area contributed by atoms with Crippen LogP contribution >= 0.6 is 0 Å². The molecule has 0 aromatic carbocycles. The molecule has 11 heteroatoms. The van der Waals surface area contributed by atoms with Crippen LogP contribution in [0, 0.1) is 0 Å². The van der Waals surface area contributed by atoms with E-state index in [9.17, 15) is 28.8 Å². The molecule has 2 heterocycles. The number of hydrogen-bond donors (Lipinski definition) is 1. The van der Waals surface area contributed by atoms with Crippen LogP contribution in [-0.4, -0.2) is 69.8 Å². The topological polar surface area (TPSA) is 139 Å². The number of carbonyl (C=O) groups excluding carboxylic acids is 6. The number of imide groups is 2. The van der Waals surface area contributed by atoms with Gasteiger partial charge in [0.25, 0.3) is 23.6 Å². The van der Waals surface area contributed by atoms with E-state index < -0.39 is 40.7 Å². The molecule has 32 heavy (non-hydrogen) atoms. The van der Waals surface area contributed by atoms with E-state index in [1.807, 2.05) is 0 Å². The third-order valence-corrected chi connectivity index (χ3v) is 4.89. The second-order valence-electron chi connectivity index (χ2n) is 8.94. The van der Waals surface area contributed by atoms with Gasteiger partial charge in [-0.25, -0.2) is 4.79 Å². The number of rotatable bonds is 11. The third kappa shape index (κ3) is 7.26. The van der Waals surface area contributed by atoms with Crippen LogP contribution < -0.4 is 5.32 Å². The lowest BCUT2D eigenvalue weighted by atomic mass is 10.0. The second-order valence-corrected chi connectivity index (χ2v) is 8.94. The maximum Gasteiger partial charge on any atom is 0.333 e. The third-order valence-electron chi connectivity index (χ3n) is 4.89. The van der Waals surface area contributed by atoms with Crippen LogP contribution in [0.5, 0.6) is 0 Å². The Bertz CT molecular complexity index is 812. The standard InChI is InChI=1S/C21H29N3O8/c1-20(2,22-14(25)10-12-23-15(26)5-6-16(23)27)13-31-21(3,4)11-9-19(30)32-24-17(28)7-8-18(24)29/h5-6H,7-13H2,1-4H3,(H,22,25). The molecule has 0 saturated carbocycles. The molecule has 0 bridgehead atoms. The van der Waals surface area contributed by atoms with Crippen molar-refractivity contribution < 1.29 is 38.3 Å². The monoisotopic (exact) mass is 451 g/mol. The van der Waals surface area contributed by atoms with E-state index in [0.29, 0.717) is 5.06 Å². The maximum atomic E-state index is 12.2. The van der Waals surface area contributed by atoms with Crippen molar-refractivity contribution in [1.29, 1.82) is 0 Å². The summed E-state index contributed by atoms with van der Waals surface area (Å²) in [6, 6.07) is 0. The molecule has 0 aromatic rings. The molecule has 0 radical (unpaired) electrons. The van der Waals surface area contributed by atoms with Gasteiger partial charge in [0.15, 0.2) is 0 Å². The van der Waals surface area contributed by atoms with Crippen LogP contribution in [0.25, 0.3) is 0 Å². The molecule has 0 aliphatic carbocycles. The SMILES string of the molecule is CC(C)(COC(C)(C)CCC(=O)ON1C(=O)CCC1=O)NC(=O)CCN1C(=O)C=CC1=O. The van der Waals surface area contributed by atoms with Crippen molar-refractivity contribution in [2.75, 3.05) is 13.2 Å². The molecular weight excluding hydrogens is 422 g/mol. The van der Waals surface area contributed by atoms with Crippen molar-refractivity contribution in [3.63, 3.8) is 0 Å². The Hall–Kier alpha value is -3.08. The highest BCUT2D eigenvalue weighted by Crippen LogP contribution is 2.21. The maximum absolute atomic E-state index is 12.2. The number of hydrogen-bond acceptors (Lipinski definition) is 8. The zero-order valence-electron chi connectivity index (χ0n) is 18.8. The summed E-state index contributed by atoms with van der Waals surface area (Å²) in [5.74, 6) is -3.00. The average Bonchev–Trinajstić information content (AvgIpc) is 3.18. The molecule has 1 N–H and O–H groups in total. The Kier molecular flexibility index (Phi) is 7.89. The lowest BCUT2D eigenvalue weighted by Crippen LogP contribution is -2.49. The molecule has 2 rings (SSSR count). The highest BCUT2D eigenvalue weighted by atomic mass is 16.7. The van der Waals surface area contributed by atoms with Crippen LogP contribution in [0.2, 0.25) is 0 Å². The van der Waals surface area contributed by atoms with Crippen molar-refractivity contribution >= 4 is 35.5 Å². The van der Waals surface area contributed by atoms with Gasteiger partial charge >= 0.3 is 5.97 Å². The Morgan fingerprint density at radius 3 is 2.09 bits per heavy atom. The number of ether oxygens (including phenoxy) is 1. The van der Waals surface area contributed by atoms with Crippen molar-refractivity contribution in [3.8, 4) is 0 Å². The predicted molar refractivity (Wildman–Crippen MR) is 109 cm³/mol. The van der Waals surface area contributed by atoms with Crippen molar-refractivity contribution in [2.24, 2.45) is 0 Å². The van der Waals surface area contributed by atoms with Gasteiger partial charge in [0, 0.05) is 38.0 Å². The first-order valence-corrected chi connectivity index (χ1v) is 10.3. The fraction of sp³-hybridized carbons (Fsp3) is 0.619. The van der Waals surface area contributed by atoms with Crippen LogP contribution in [0.3, 0.4) is 0 Å². The van der Waals surface area contributed by atoms with E-state index in [-0.39, 0.29) is 51.2 Å². The molecule has 11 nitrogen and oxygen atoms in total. The first-order chi connectivity index (χ1) is 14.8. The van der Waals surface area contributed by atoms with Crippen LogP contribution in [0.4, 0.5) is 0 Å². The highest BCUT2D eigenvalue weighted by Gasteiger charge is 2.34. The molecule has 1 saturated heterocycles. The van der Waals surface area contributed by atoms with Gasteiger partial charge in [0.05, 0.1) is 24.2 Å². The molecule has 2 aliphatic heterocycles. The van der Waals surface area contributed by atoms with E-state index in [1.54, 1.807) is 27.7 Å². The fourth-order valence-electron chi connectivity index (χ4n) is 3.00. The van der Waals surface area contributed by atoms with Gasteiger partial charge in [0.1, 0.15) is 0 Å². The van der Waals surface area contributed by atoms with E-state index in [2.05, 4.69) is 5.32 Å². The van der Waals surface area contributed by atoms with Crippen LogP contribution in [-0.2, 0) is 38.3 Å². The summed E-state index contributed by atoms with van der Waals surface area (Å²) in [7, 11) is 0. The Morgan fingerprint density at radius 2 is 1.53 bits per heavy atom. The fourth-order valence-corrected chi connectivity index (χ4v) is 3.00. The Balaban J connectivity index is 1.72. The Labute approximate surface area is 186 Å². The largest absolute Gasteiger partial charge is 0.373 e. The van der Waals surface area contributed by atoms with Gasteiger partial charge < -0.3 is 14.9 Å². The summed E-state index contributed by atoms with van der Waals surface area (Å²) in [5.41, 5.74) is -1.50. The molecule has 2 aliphatic rings. The quantitative estimate of drug-likeness (QED) is 0.445. The summed E-state index contributed by atoms with van der Waals surface area (Å²) < 4.78 is 5.87. The Morgan fingerprint density at radius 1 is 0.969 bits per heavy atom. The molecule has 0 atom stereocenters.